The SMILES string of the molecule is Cc1ccc(N2C(=O)CC(N3CCC(C(N)=O)CC3)C2=O)cc1C. The van der Waals surface area contributed by atoms with Crippen molar-refractivity contribution in [1.29, 1.82) is 0 Å². The van der Waals surface area contributed by atoms with E-state index in [1.807, 2.05) is 36.9 Å². The van der Waals surface area contributed by atoms with Crippen LogP contribution in [0.5, 0.6) is 0 Å². The molecule has 0 radical (unpaired) electrons. The Morgan fingerprint density at radius 2 is 1.79 bits per heavy atom. The van der Waals surface area contributed by atoms with Gasteiger partial charge in [0, 0.05) is 5.92 Å². The summed E-state index contributed by atoms with van der Waals surface area (Å²) in [6.07, 6.45) is 1.50. The van der Waals surface area contributed by atoms with Gasteiger partial charge in [-0.25, -0.2) is 4.90 Å². The number of aryl methyl sites for hydroxylation is 2. The Bertz CT molecular complexity index is 693. The lowest BCUT2D eigenvalue weighted by atomic mass is 9.95. The van der Waals surface area contributed by atoms with E-state index in [0.29, 0.717) is 31.6 Å². The summed E-state index contributed by atoms with van der Waals surface area (Å²) in [4.78, 5) is 39.8. The smallest absolute Gasteiger partial charge is 0.251 e. The first-order valence-corrected chi connectivity index (χ1v) is 8.36. The van der Waals surface area contributed by atoms with Gasteiger partial charge < -0.3 is 5.73 Å². The van der Waals surface area contributed by atoms with Gasteiger partial charge in [0.15, 0.2) is 0 Å². The number of likely N-dealkylation sites (tertiary alicyclic amines) is 1. The highest BCUT2D eigenvalue weighted by Crippen LogP contribution is 2.29. The highest BCUT2D eigenvalue weighted by molar-refractivity contribution is 6.22. The third kappa shape index (κ3) is 2.94. The lowest BCUT2D eigenvalue weighted by Gasteiger charge is -2.33. The number of rotatable bonds is 3. The number of primary amides is 1. The number of nitrogens with zero attached hydrogens (tertiary/aromatic N) is 2. The molecule has 1 atom stereocenters. The summed E-state index contributed by atoms with van der Waals surface area (Å²) in [5.74, 6) is -0.726. The van der Waals surface area contributed by atoms with E-state index < -0.39 is 6.04 Å². The number of benzene rings is 1. The molecule has 0 aromatic heterocycles. The first-order chi connectivity index (χ1) is 11.4. The average Bonchev–Trinajstić information content (AvgIpc) is 2.85. The summed E-state index contributed by atoms with van der Waals surface area (Å²) in [5.41, 5.74) is 8.18. The van der Waals surface area contributed by atoms with E-state index in [2.05, 4.69) is 0 Å². The second-order valence-electron chi connectivity index (χ2n) is 6.77. The molecule has 24 heavy (non-hydrogen) atoms. The monoisotopic (exact) mass is 329 g/mol. The molecule has 2 aliphatic heterocycles. The molecule has 0 bridgehead atoms. The Balaban J connectivity index is 1.75. The molecule has 6 nitrogen and oxygen atoms in total. The molecule has 0 aliphatic carbocycles. The summed E-state index contributed by atoms with van der Waals surface area (Å²) in [7, 11) is 0. The third-order valence-electron chi connectivity index (χ3n) is 5.24. The number of hydrogen-bond donors (Lipinski definition) is 1. The van der Waals surface area contributed by atoms with E-state index in [9.17, 15) is 14.4 Å². The van der Waals surface area contributed by atoms with Gasteiger partial charge in [-0.3, -0.25) is 19.3 Å². The van der Waals surface area contributed by atoms with Crippen LogP contribution in [0.1, 0.15) is 30.4 Å². The van der Waals surface area contributed by atoms with Crippen LogP contribution < -0.4 is 10.6 Å². The summed E-state index contributed by atoms with van der Waals surface area (Å²) in [6.45, 7) is 5.21. The van der Waals surface area contributed by atoms with Crippen molar-refractivity contribution in [3.05, 3.63) is 29.3 Å². The van der Waals surface area contributed by atoms with Crippen LogP contribution >= 0.6 is 0 Å². The van der Waals surface area contributed by atoms with Crippen molar-refractivity contribution in [2.45, 2.75) is 39.2 Å². The predicted octanol–water partition coefficient (Wildman–Crippen LogP) is 1.13. The van der Waals surface area contributed by atoms with Gasteiger partial charge in [0.1, 0.15) is 0 Å². The van der Waals surface area contributed by atoms with E-state index >= 15 is 0 Å². The molecule has 1 aromatic rings. The van der Waals surface area contributed by atoms with Crippen LogP contribution in [0, 0.1) is 19.8 Å². The van der Waals surface area contributed by atoms with E-state index in [4.69, 9.17) is 5.73 Å². The molecule has 2 fully saturated rings. The van der Waals surface area contributed by atoms with Gasteiger partial charge in [0.2, 0.25) is 11.8 Å². The lowest BCUT2D eigenvalue weighted by molar-refractivity contribution is -0.124. The van der Waals surface area contributed by atoms with Crippen LogP contribution in [-0.4, -0.2) is 41.8 Å². The maximum Gasteiger partial charge on any atom is 0.251 e. The molecule has 128 valence electrons. The number of carbonyl (C=O) groups excluding carboxylic acids is 3. The molecule has 3 rings (SSSR count). The Kier molecular flexibility index (Phi) is 4.41. The minimum Gasteiger partial charge on any atom is -0.369 e. The normalized spacial score (nSPS) is 23.1. The quantitative estimate of drug-likeness (QED) is 0.843. The minimum absolute atomic E-state index is 0.121. The fraction of sp³-hybridized carbons (Fsp3) is 0.500. The molecule has 0 saturated carbocycles. The largest absolute Gasteiger partial charge is 0.369 e. The Morgan fingerprint density at radius 3 is 2.38 bits per heavy atom. The predicted molar refractivity (Wildman–Crippen MR) is 90.3 cm³/mol. The zero-order chi connectivity index (χ0) is 17.4. The van der Waals surface area contributed by atoms with E-state index in [0.717, 1.165) is 11.1 Å². The van der Waals surface area contributed by atoms with Gasteiger partial charge in [-0.05, 0) is 63.0 Å². The second-order valence-corrected chi connectivity index (χ2v) is 6.77. The summed E-state index contributed by atoms with van der Waals surface area (Å²) in [5, 5.41) is 0. The highest BCUT2D eigenvalue weighted by Gasteiger charge is 2.43. The summed E-state index contributed by atoms with van der Waals surface area (Å²) >= 11 is 0. The molecule has 2 heterocycles. The van der Waals surface area contributed by atoms with E-state index in [1.165, 1.54) is 4.90 Å². The molecular formula is C18H23N3O3. The van der Waals surface area contributed by atoms with Crippen molar-refractivity contribution in [3.8, 4) is 0 Å². The Hall–Kier alpha value is -2.21. The van der Waals surface area contributed by atoms with Crippen molar-refractivity contribution in [3.63, 3.8) is 0 Å². The van der Waals surface area contributed by atoms with Crippen LogP contribution in [-0.2, 0) is 14.4 Å². The van der Waals surface area contributed by atoms with Gasteiger partial charge in [0.05, 0.1) is 18.2 Å². The number of piperidine rings is 1. The zero-order valence-corrected chi connectivity index (χ0v) is 14.1. The second kappa shape index (κ2) is 6.36. The van der Waals surface area contributed by atoms with E-state index in [1.54, 1.807) is 0 Å². The fourth-order valence-corrected chi connectivity index (χ4v) is 3.53. The molecule has 3 amide bonds. The van der Waals surface area contributed by atoms with Gasteiger partial charge in [-0.15, -0.1) is 0 Å². The lowest BCUT2D eigenvalue weighted by Crippen LogP contribution is -2.47. The first-order valence-electron chi connectivity index (χ1n) is 8.36. The fourth-order valence-electron chi connectivity index (χ4n) is 3.53. The summed E-state index contributed by atoms with van der Waals surface area (Å²) in [6, 6.07) is 5.21. The van der Waals surface area contributed by atoms with E-state index in [-0.39, 0.29) is 30.1 Å². The Labute approximate surface area is 141 Å². The van der Waals surface area contributed by atoms with Crippen molar-refractivity contribution < 1.29 is 14.4 Å². The van der Waals surface area contributed by atoms with Crippen molar-refractivity contribution in [2.75, 3.05) is 18.0 Å². The standard InChI is InChI=1S/C18H23N3O3/c1-11-3-4-14(9-12(11)2)21-16(22)10-15(18(21)24)20-7-5-13(6-8-20)17(19)23/h3-4,9,13,15H,5-8,10H2,1-2H3,(H2,19,23). The molecule has 2 N–H and O–H groups in total. The number of amides is 3. The zero-order valence-electron chi connectivity index (χ0n) is 14.1. The minimum atomic E-state index is -0.423. The molecule has 1 aromatic carbocycles. The molecular weight excluding hydrogens is 306 g/mol. The van der Waals surface area contributed by atoms with Crippen molar-refractivity contribution >= 4 is 23.4 Å². The molecule has 0 spiro atoms. The van der Waals surface area contributed by atoms with Gasteiger partial charge in [-0.1, -0.05) is 6.07 Å². The number of hydrogen-bond acceptors (Lipinski definition) is 4. The molecule has 6 heteroatoms. The average molecular weight is 329 g/mol. The number of carbonyl (C=O) groups is 3. The number of anilines is 1. The van der Waals surface area contributed by atoms with Crippen LogP contribution in [0.3, 0.4) is 0 Å². The Morgan fingerprint density at radius 1 is 1.12 bits per heavy atom. The highest BCUT2D eigenvalue weighted by atomic mass is 16.2. The van der Waals surface area contributed by atoms with Crippen LogP contribution in [0.15, 0.2) is 18.2 Å². The van der Waals surface area contributed by atoms with Crippen molar-refractivity contribution in [1.82, 2.24) is 4.90 Å². The maximum absolute atomic E-state index is 12.8. The van der Waals surface area contributed by atoms with Crippen molar-refractivity contribution in [2.24, 2.45) is 11.7 Å². The number of imide groups is 1. The third-order valence-corrected chi connectivity index (χ3v) is 5.24. The molecule has 1 unspecified atom stereocenters. The summed E-state index contributed by atoms with van der Waals surface area (Å²) < 4.78 is 0. The maximum atomic E-state index is 12.8. The number of nitrogens with two attached hydrogens (primary N) is 1. The van der Waals surface area contributed by atoms with Crippen LogP contribution in [0.2, 0.25) is 0 Å². The topological polar surface area (TPSA) is 83.7 Å². The first kappa shape index (κ1) is 16.6. The van der Waals surface area contributed by atoms with Gasteiger partial charge in [-0.2, -0.15) is 0 Å². The van der Waals surface area contributed by atoms with Crippen LogP contribution in [0.25, 0.3) is 0 Å². The van der Waals surface area contributed by atoms with Crippen LogP contribution in [0.4, 0.5) is 5.69 Å². The van der Waals surface area contributed by atoms with Gasteiger partial charge in [0.25, 0.3) is 5.91 Å². The molecule has 2 saturated heterocycles. The molecule has 2 aliphatic rings. The van der Waals surface area contributed by atoms with Gasteiger partial charge >= 0.3 is 0 Å².